The van der Waals surface area contributed by atoms with Gasteiger partial charge in [-0.25, -0.2) is 0 Å². The summed E-state index contributed by atoms with van der Waals surface area (Å²) >= 11 is 0. The molecule has 0 amide bonds. The predicted molar refractivity (Wildman–Crippen MR) is 164 cm³/mol. The Balaban J connectivity index is 1.46. The molecule has 2 aromatic carbocycles. The van der Waals surface area contributed by atoms with Gasteiger partial charge < -0.3 is 14.0 Å². The first-order chi connectivity index (χ1) is 19.0. The molecule has 4 heteroatoms. The van der Waals surface area contributed by atoms with Crippen LogP contribution in [0.25, 0.3) is 0 Å². The molecule has 0 aromatic heterocycles. The number of unbranched alkanes of at least 4 members (excludes halogenated alkanes) is 10. The quantitative estimate of drug-likeness (QED) is 0.0805. The van der Waals surface area contributed by atoms with Gasteiger partial charge in [-0.05, 0) is 43.4 Å². The van der Waals surface area contributed by atoms with E-state index in [1.807, 2.05) is 12.1 Å². The first kappa shape index (κ1) is 32.9. The first-order valence-corrected chi connectivity index (χ1v) is 15.7. The smallest absolute Gasteiger partial charge is 0.306 e. The van der Waals surface area contributed by atoms with Gasteiger partial charge in [0.15, 0.2) is 0 Å². The Morgan fingerprint density at radius 2 is 1.33 bits per heavy atom. The third-order valence-electron chi connectivity index (χ3n) is 7.39. The SMILES string of the molecule is CCCCCCCCCCCCc1cccc(OCCCCOC(=O)CCC[N+](C)(C)Cc2ccccc2)c1. The van der Waals surface area contributed by atoms with Gasteiger partial charge in [0.2, 0.25) is 0 Å². The topological polar surface area (TPSA) is 35.5 Å². The summed E-state index contributed by atoms with van der Waals surface area (Å²) < 4.78 is 12.3. The van der Waals surface area contributed by atoms with Crippen LogP contribution in [0.2, 0.25) is 0 Å². The molecule has 218 valence electrons. The van der Waals surface area contributed by atoms with Gasteiger partial charge >= 0.3 is 5.97 Å². The number of benzene rings is 2. The van der Waals surface area contributed by atoms with Crippen molar-refractivity contribution in [3.05, 3.63) is 65.7 Å². The van der Waals surface area contributed by atoms with Gasteiger partial charge in [-0.15, -0.1) is 0 Å². The second kappa shape index (κ2) is 20.6. The molecule has 39 heavy (non-hydrogen) atoms. The van der Waals surface area contributed by atoms with E-state index in [9.17, 15) is 4.79 Å². The monoisotopic (exact) mass is 538 g/mol. The maximum Gasteiger partial charge on any atom is 0.306 e. The Morgan fingerprint density at radius 3 is 2.05 bits per heavy atom. The van der Waals surface area contributed by atoms with Crippen molar-refractivity contribution in [2.75, 3.05) is 33.9 Å². The summed E-state index contributed by atoms with van der Waals surface area (Å²) in [5.74, 6) is 0.864. The zero-order valence-electron chi connectivity index (χ0n) is 25.3. The largest absolute Gasteiger partial charge is 0.494 e. The molecule has 0 aliphatic carbocycles. The van der Waals surface area contributed by atoms with Crippen LogP contribution in [0.15, 0.2) is 54.6 Å². The highest BCUT2D eigenvalue weighted by Crippen LogP contribution is 2.17. The number of ether oxygens (including phenoxy) is 2. The Kier molecular flexibility index (Phi) is 17.3. The number of hydrogen-bond acceptors (Lipinski definition) is 3. The van der Waals surface area contributed by atoms with Crippen LogP contribution in [0.1, 0.15) is 108 Å². The molecule has 0 spiro atoms. The van der Waals surface area contributed by atoms with Gasteiger partial charge in [-0.3, -0.25) is 4.79 Å². The van der Waals surface area contributed by atoms with Crippen molar-refractivity contribution in [3.8, 4) is 5.75 Å². The highest BCUT2D eigenvalue weighted by atomic mass is 16.5. The van der Waals surface area contributed by atoms with Crippen LogP contribution in [0.4, 0.5) is 0 Å². The molecular formula is C35H56NO3+. The maximum atomic E-state index is 12.1. The molecule has 0 N–H and O–H groups in total. The van der Waals surface area contributed by atoms with Gasteiger partial charge in [0.1, 0.15) is 12.3 Å². The highest BCUT2D eigenvalue weighted by molar-refractivity contribution is 5.69. The van der Waals surface area contributed by atoms with E-state index in [0.29, 0.717) is 19.6 Å². The summed E-state index contributed by atoms with van der Waals surface area (Å²) in [5, 5.41) is 0. The molecule has 4 nitrogen and oxygen atoms in total. The van der Waals surface area contributed by atoms with Crippen molar-refractivity contribution >= 4 is 5.97 Å². The standard InChI is InChI=1S/C35H56NO3/c1-4-5-6-7-8-9-10-11-12-14-21-32-24-19-25-34(30-32)38-28-17-18-29-39-35(37)26-20-27-36(2,3)31-33-22-15-13-16-23-33/h13,15-16,19,22-25,30H,4-12,14,17-18,20-21,26-29,31H2,1-3H3/q+1. The number of carbonyl (C=O) groups is 1. The second-order valence-electron chi connectivity index (χ2n) is 11.8. The van der Waals surface area contributed by atoms with Crippen molar-refractivity contribution in [3.63, 3.8) is 0 Å². The third kappa shape index (κ3) is 17.1. The lowest BCUT2D eigenvalue weighted by molar-refractivity contribution is -0.903. The maximum absolute atomic E-state index is 12.1. The van der Waals surface area contributed by atoms with Gasteiger partial charge in [-0.1, -0.05) is 107 Å². The summed E-state index contributed by atoms with van der Waals surface area (Å²) in [6.07, 6.45) is 17.9. The number of hydrogen-bond donors (Lipinski definition) is 0. The minimum atomic E-state index is -0.0877. The van der Waals surface area contributed by atoms with Crippen LogP contribution in [-0.4, -0.2) is 44.3 Å². The lowest BCUT2D eigenvalue weighted by Crippen LogP contribution is -2.39. The van der Waals surface area contributed by atoms with Crippen LogP contribution in [0.5, 0.6) is 5.75 Å². The normalized spacial score (nSPS) is 11.5. The molecule has 2 aromatic rings. The van der Waals surface area contributed by atoms with Crippen molar-refractivity contribution in [1.29, 1.82) is 0 Å². The number of nitrogens with zero attached hydrogens (tertiary/aromatic N) is 1. The fourth-order valence-corrected chi connectivity index (χ4v) is 5.07. The van der Waals surface area contributed by atoms with Crippen LogP contribution >= 0.6 is 0 Å². The summed E-state index contributed by atoms with van der Waals surface area (Å²) in [5.41, 5.74) is 2.69. The van der Waals surface area contributed by atoms with E-state index in [4.69, 9.17) is 9.47 Å². The van der Waals surface area contributed by atoms with Crippen LogP contribution < -0.4 is 4.74 Å². The number of rotatable bonds is 23. The lowest BCUT2D eigenvalue weighted by Gasteiger charge is -2.29. The van der Waals surface area contributed by atoms with E-state index < -0.39 is 0 Å². The van der Waals surface area contributed by atoms with Gasteiger partial charge in [0.05, 0.1) is 40.3 Å². The van der Waals surface area contributed by atoms with E-state index >= 15 is 0 Å². The molecule has 0 fully saturated rings. The third-order valence-corrected chi connectivity index (χ3v) is 7.39. The summed E-state index contributed by atoms with van der Waals surface area (Å²) in [6.45, 7) is 5.34. The van der Waals surface area contributed by atoms with Crippen LogP contribution in [0, 0.1) is 0 Å². The van der Waals surface area contributed by atoms with E-state index in [-0.39, 0.29) is 5.97 Å². The average Bonchev–Trinajstić information content (AvgIpc) is 2.92. The Hall–Kier alpha value is -2.33. The summed E-state index contributed by atoms with van der Waals surface area (Å²) in [7, 11) is 4.43. The molecule has 0 unspecified atom stereocenters. The zero-order chi connectivity index (χ0) is 28.0. The van der Waals surface area contributed by atoms with Crippen LogP contribution in [-0.2, 0) is 22.5 Å². The molecule has 0 saturated carbocycles. The second-order valence-corrected chi connectivity index (χ2v) is 11.8. The Labute approximate surface area is 239 Å². The highest BCUT2D eigenvalue weighted by Gasteiger charge is 2.16. The first-order valence-electron chi connectivity index (χ1n) is 15.7. The minimum absolute atomic E-state index is 0.0877. The molecule has 0 aliphatic heterocycles. The molecule has 0 bridgehead atoms. The average molecular weight is 539 g/mol. The number of carbonyl (C=O) groups excluding carboxylic acids is 1. The molecule has 0 aliphatic rings. The minimum Gasteiger partial charge on any atom is -0.494 e. The van der Waals surface area contributed by atoms with Gasteiger partial charge in [-0.2, -0.15) is 0 Å². The van der Waals surface area contributed by atoms with Crippen LogP contribution in [0.3, 0.4) is 0 Å². The molecule has 2 rings (SSSR count). The molecule has 0 heterocycles. The van der Waals surface area contributed by atoms with Gasteiger partial charge in [0.25, 0.3) is 0 Å². The molecule has 0 radical (unpaired) electrons. The predicted octanol–water partition coefficient (Wildman–Crippen LogP) is 8.91. The summed E-state index contributed by atoms with van der Waals surface area (Å²) in [6, 6.07) is 19.1. The number of quaternary nitrogens is 1. The molecule has 0 saturated heterocycles. The summed E-state index contributed by atoms with van der Waals surface area (Å²) in [4.78, 5) is 12.1. The van der Waals surface area contributed by atoms with E-state index in [0.717, 1.165) is 49.0 Å². The van der Waals surface area contributed by atoms with Crippen molar-refractivity contribution in [1.82, 2.24) is 0 Å². The van der Waals surface area contributed by atoms with E-state index in [1.165, 1.54) is 75.3 Å². The van der Waals surface area contributed by atoms with Crippen molar-refractivity contribution in [2.24, 2.45) is 0 Å². The lowest BCUT2D eigenvalue weighted by atomic mass is 10.0. The number of esters is 1. The fourth-order valence-electron chi connectivity index (χ4n) is 5.07. The zero-order valence-corrected chi connectivity index (χ0v) is 25.3. The number of aryl methyl sites for hydroxylation is 1. The Morgan fingerprint density at radius 1 is 0.692 bits per heavy atom. The Bertz CT molecular complexity index is 880. The molecular weight excluding hydrogens is 482 g/mol. The van der Waals surface area contributed by atoms with E-state index in [1.54, 1.807) is 0 Å². The van der Waals surface area contributed by atoms with Gasteiger partial charge in [0, 0.05) is 12.0 Å². The molecule has 0 atom stereocenters. The van der Waals surface area contributed by atoms with E-state index in [2.05, 4.69) is 63.5 Å². The van der Waals surface area contributed by atoms with Crippen molar-refractivity contribution in [2.45, 2.75) is 110 Å². The van der Waals surface area contributed by atoms with Crippen molar-refractivity contribution < 1.29 is 18.8 Å². The fraction of sp³-hybridized carbons (Fsp3) is 0.629.